The lowest BCUT2D eigenvalue weighted by Crippen LogP contribution is -2.37. The van der Waals surface area contributed by atoms with E-state index < -0.39 is 0 Å². The van der Waals surface area contributed by atoms with Gasteiger partial charge in [-0.2, -0.15) is 5.10 Å². The Morgan fingerprint density at radius 1 is 1.30 bits per heavy atom. The number of nitrogens with zero attached hydrogens (tertiary/aromatic N) is 3. The number of aromatic nitrogens is 2. The number of likely N-dealkylation sites (N-methyl/N-ethyl adjacent to an activating group) is 1. The lowest BCUT2D eigenvalue weighted by molar-refractivity contribution is 0.309. The number of rotatable bonds is 7. The molecule has 0 aliphatic rings. The highest BCUT2D eigenvalue weighted by Gasteiger charge is 2.10. The second-order valence-electron chi connectivity index (χ2n) is 5.42. The Balaban J connectivity index is 2.06. The smallest absolute Gasteiger partial charge is 0.0841 e. The van der Waals surface area contributed by atoms with Crippen molar-refractivity contribution < 1.29 is 0 Å². The molecule has 1 atom stereocenters. The molecule has 0 spiro atoms. The molecule has 0 saturated carbocycles. The molecule has 1 N–H and O–H groups in total. The van der Waals surface area contributed by atoms with Gasteiger partial charge in [-0.25, -0.2) is 0 Å². The highest BCUT2D eigenvalue weighted by molar-refractivity contribution is 5.81. The van der Waals surface area contributed by atoms with E-state index in [0.717, 1.165) is 31.9 Å². The fourth-order valence-electron chi connectivity index (χ4n) is 2.50. The molecule has 4 nitrogen and oxygen atoms in total. The third-order valence-electron chi connectivity index (χ3n) is 3.78. The SMILES string of the molecule is CCN(C)C[C@@H](C)NCc1nn(CC)c2ccccc12. The molecule has 2 rings (SSSR count). The molecule has 4 heteroatoms. The molecule has 0 fully saturated rings. The fourth-order valence-corrected chi connectivity index (χ4v) is 2.50. The van der Waals surface area contributed by atoms with Crippen LogP contribution in [0.2, 0.25) is 0 Å². The van der Waals surface area contributed by atoms with Crippen LogP contribution in [0.5, 0.6) is 0 Å². The standard InChI is InChI=1S/C16H26N4/c1-5-19(4)12-13(3)17-11-15-14-9-7-8-10-16(14)20(6-2)18-15/h7-10,13,17H,5-6,11-12H2,1-4H3/t13-/m1/s1. The minimum Gasteiger partial charge on any atom is -0.307 e. The van der Waals surface area contributed by atoms with Crippen LogP contribution >= 0.6 is 0 Å². The van der Waals surface area contributed by atoms with Gasteiger partial charge < -0.3 is 10.2 Å². The van der Waals surface area contributed by atoms with Crippen LogP contribution in [-0.2, 0) is 13.1 Å². The van der Waals surface area contributed by atoms with Gasteiger partial charge in [-0.05, 0) is 33.5 Å². The van der Waals surface area contributed by atoms with Crippen LogP contribution in [-0.4, -0.2) is 40.9 Å². The molecule has 110 valence electrons. The van der Waals surface area contributed by atoms with Gasteiger partial charge >= 0.3 is 0 Å². The number of fused-ring (bicyclic) bond motifs is 1. The van der Waals surface area contributed by atoms with E-state index in [1.165, 1.54) is 10.9 Å². The molecule has 2 aromatic rings. The third-order valence-corrected chi connectivity index (χ3v) is 3.78. The van der Waals surface area contributed by atoms with Crippen LogP contribution in [0.3, 0.4) is 0 Å². The Bertz CT molecular complexity index is 546. The van der Waals surface area contributed by atoms with Crippen molar-refractivity contribution in [3.63, 3.8) is 0 Å². The molecule has 0 aliphatic carbocycles. The summed E-state index contributed by atoms with van der Waals surface area (Å²) in [6, 6.07) is 8.93. The third kappa shape index (κ3) is 3.38. The number of benzene rings is 1. The van der Waals surface area contributed by atoms with Gasteiger partial charge in [-0.15, -0.1) is 0 Å². The number of aryl methyl sites for hydroxylation is 1. The summed E-state index contributed by atoms with van der Waals surface area (Å²) >= 11 is 0. The second-order valence-corrected chi connectivity index (χ2v) is 5.42. The van der Waals surface area contributed by atoms with E-state index in [-0.39, 0.29) is 0 Å². The molecular formula is C16H26N4. The Kier molecular flexibility index (Phi) is 5.15. The van der Waals surface area contributed by atoms with Gasteiger partial charge in [0.25, 0.3) is 0 Å². The van der Waals surface area contributed by atoms with E-state index >= 15 is 0 Å². The van der Waals surface area contributed by atoms with Gasteiger partial charge in [-0.1, -0.05) is 25.1 Å². The van der Waals surface area contributed by atoms with Crippen molar-refractivity contribution in [1.82, 2.24) is 20.0 Å². The van der Waals surface area contributed by atoms with Crippen molar-refractivity contribution in [2.75, 3.05) is 20.1 Å². The lowest BCUT2D eigenvalue weighted by Gasteiger charge is -2.20. The number of hydrogen-bond acceptors (Lipinski definition) is 3. The fraction of sp³-hybridized carbons (Fsp3) is 0.562. The maximum atomic E-state index is 4.72. The van der Waals surface area contributed by atoms with E-state index in [0.29, 0.717) is 6.04 Å². The lowest BCUT2D eigenvalue weighted by atomic mass is 10.2. The minimum absolute atomic E-state index is 0.463. The Labute approximate surface area is 121 Å². The summed E-state index contributed by atoms with van der Waals surface area (Å²) < 4.78 is 2.08. The number of nitrogens with one attached hydrogen (secondary N) is 1. The molecule has 0 radical (unpaired) electrons. The molecular weight excluding hydrogens is 248 g/mol. The van der Waals surface area contributed by atoms with Crippen molar-refractivity contribution in [1.29, 1.82) is 0 Å². The topological polar surface area (TPSA) is 33.1 Å². The molecule has 0 saturated heterocycles. The predicted octanol–water partition coefficient (Wildman–Crippen LogP) is 2.49. The molecule has 1 heterocycles. The molecule has 0 bridgehead atoms. The molecule has 1 aromatic heterocycles. The molecule has 1 aromatic carbocycles. The molecule has 20 heavy (non-hydrogen) atoms. The first kappa shape index (κ1) is 15.0. The maximum Gasteiger partial charge on any atom is 0.0841 e. The molecule has 0 aliphatic heterocycles. The van der Waals surface area contributed by atoms with Crippen LogP contribution in [0, 0.1) is 0 Å². The van der Waals surface area contributed by atoms with Gasteiger partial charge in [0.15, 0.2) is 0 Å². The van der Waals surface area contributed by atoms with Crippen molar-refractivity contribution >= 4 is 10.9 Å². The average molecular weight is 274 g/mol. The first-order valence-electron chi connectivity index (χ1n) is 7.52. The average Bonchev–Trinajstić information content (AvgIpc) is 2.83. The Morgan fingerprint density at radius 3 is 2.75 bits per heavy atom. The molecule has 0 unspecified atom stereocenters. The Morgan fingerprint density at radius 2 is 2.05 bits per heavy atom. The first-order chi connectivity index (χ1) is 9.65. The van der Waals surface area contributed by atoms with Gasteiger partial charge in [0.1, 0.15) is 0 Å². The summed E-state index contributed by atoms with van der Waals surface area (Å²) in [6.07, 6.45) is 0. The van der Waals surface area contributed by atoms with Gasteiger partial charge in [0.05, 0.1) is 11.2 Å². The predicted molar refractivity (Wildman–Crippen MR) is 84.9 cm³/mol. The highest BCUT2D eigenvalue weighted by atomic mass is 15.3. The molecule has 0 amide bonds. The Hall–Kier alpha value is -1.39. The largest absolute Gasteiger partial charge is 0.307 e. The van der Waals surface area contributed by atoms with Crippen molar-refractivity contribution in [2.24, 2.45) is 0 Å². The van der Waals surface area contributed by atoms with Crippen molar-refractivity contribution in [3.05, 3.63) is 30.0 Å². The van der Waals surface area contributed by atoms with Gasteiger partial charge in [-0.3, -0.25) is 4.68 Å². The number of hydrogen-bond donors (Lipinski definition) is 1. The zero-order chi connectivity index (χ0) is 14.5. The number of para-hydroxylation sites is 1. The van der Waals surface area contributed by atoms with E-state index in [1.807, 2.05) is 0 Å². The normalized spacial score (nSPS) is 13.2. The maximum absolute atomic E-state index is 4.72. The van der Waals surface area contributed by atoms with Crippen LogP contribution in [0.4, 0.5) is 0 Å². The van der Waals surface area contributed by atoms with Crippen LogP contribution in [0.15, 0.2) is 24.3 Å². The van der Waals surface area contributed by atoms with Gasteiger partial charge in [0, 0.05) is 31.1 Å². The van der Waals surface area contributed by atoms with Gasteiger partial charge in [0.2, 0.25) is 0 Å². The summed E-state index contributed by atoms with van der Waals surface area (Å²) in [6.45, 7) is 10.4. The monoisotopic (exact) mass is 274 g/mol. The van der Waals surface area contributed by atoms with E-state index in [2.05, 4.69) is 67.0 Å². The summed E-state index contributed by atoms with van der Waals surface area (Å²) in [4.78, 5) is 2.32. The van der Waals surface area contributed by atoms with E-state index in [4.69, 9.17) is 5.10 Å². The summed E-state index contributed by atoms with van der Waals surface area (Å²) in [5, 5.41) is 9.56. The summed E-state index contributed by atoms with van der Waals surface area (Å²) in [5.74, 6) is 0. The zero-order valence-corrected chi connectivity index (χ0v) is 13.1. The van der Waals surface area contributed by atoms with Crippen molar-refractivity contribution in [3.8, 4) is 0 Å². The summed E-state index contributed by atoms with van der Waals surface area (Å²) in [7, 11) is 2.15. The van der Waals surface area contributed by atoms with Crippen molar-refractivity contribution in [2.45, 2.75) is 39.9 Å². The van der Waals surface area contributed by atoms with Crippen LogP contribution in [0.25, 0.3) is 10.9 Å². The van der Waals surface area contributed by atoms with E-state index in [9.17, 15) is 0 Å². The van der Waals surface area contributed by atoms with E-state index in [1.54, 1.807) is 0 Å². The zero-order valence-electron chi connectivity index (χ0n) is 13.1. The summed E-state index contributed by atoms with van der Waals surface area (Å²) in [5.41, 5.74) is 2.37. The quantitative estimate of drug-likeness (QED) is 0.842. The van der Waals surface area contributed by atoms with Crippen LogP contribution < -0.4 is 5.32 Å². The highest BCUT2D eigenvalue weighted by Crippen LogP contribution is 2.18. The minimum atomic E-state index is 0.463. The first-order valence-corrected chi connectivity index (χ1v) is 7.52. The second kappa shape index (κ2) is 6.86. The van der Waals surface area contributed by atoms with Crippen LogP contribution in [0.1, 0.15) is 26.5 Å².